The Bertz CT molecular complexity index is 1050. The molecule has 1 saturated heterocycles. The molecule has 1 aliphatic heterocycles. The molecule has 0 amide bonds. The first kappa shape index (κ1) is 23.1. The number of hydrogen-bond acceptors (Lipinski definition) is 9. The van der Waals surface area contributed by atoms with E-state index in [9.17, 15) is 28.8 Å². The van der Waals surface area contributed by atoms with Crippen molar-refractivity contribution in [3.8, 4) is 5.75 Å². The van der Waals surface area contributed by atoms with Crippen molar-refractivity contribution in [3.63, 3.8) is 0 Å². The van der Waals surface area contributed by atoms with E-state index < -0.39 is 39.1 Å². The molecule has 1 aliphatic carbocycles. The molecule has 1 saturated carbocycles. The second-order valence-electron chi connectivity index (χ2n) is 7.49. The molecule has 1 aromatic carbocycles. The lowest BCUT2D eigenvalue weighted by atomic mass is 9.96. The van der Waals surface area contributed by atoms with E-state index in [2.05, 4.69) is 4.98 Å². The van der Waals surface area contributed by atoms with Crippen LogP contribution in [0.2, 0.25) is 0 Å². The third-order valence-electron chi connectivity index (χ3n) is 5.21. The van der Waals surface area contributed by atoms with Crippen LogP contribution in [0.4, 0.5) is 4.79 Å². The molecule has 0 radical (unpaired) electrons. The number of pyridine rings is 1. The van der Waals surface area contributed by atoms with Crippen LogP contribution in [-0.4, -0.2) is 37.2 Å². The monoisotopic (exact) mass is 485 g/mol. The molecule has 0 spiro atoms. The van der Waals surface area contributed by atoms with Crippen LogP contribution in [-0.2, 0) is 29.3 Å². The average molecular weight is 485 g/mol. The van der Waals surface area contributed by atoms with Gasteiger partial charge in [-0.2, -0.15) is 0 Å². The van der Waals surface area contributed by atoms with E-state index in [0.717, 1.165) is 19.3 Å². The minimum absolute atomic E-state index is 0.0942. The molecule has 3 N–H and O–H groups in total. The van der Waals surface area contributed by atoms with Crippen molar-refractivity contribution in [3.05, 3.63) is 59.9 Å². The summed E-state index contributed by atoms with van der Waals surface area (Å²) >= 11 is 0. The van der Waals surface area contributed by atoms with Crippen LogP contribution in [0.25, 0.3) is 0 Å². The van der Waals surface area contributed by atoms with Crippen LogP contribution < -0.4 is 4.74 Å². The summed E-state index contributed by atoms with van der Waals surface area (Å²) in [6.45, 7) is 0. The molecule has 2 heterocycles. The maximum atomic E-state index is 12.8. The van der Waals surface area contributed by atoms with Crippen LogP contribution >= 0.6 is 15.2 Å². The van der Waals surface area contributed by atoms with Gasteiger partial charge in [0.25, 0.3) is 5.08 Å². The summed E-state index contributed by atoms with van der Waals surface area (Å²) in [5.41, 5.74) is 0.330. The van der Waals surface area contributed by atoms with E-state index in [-0.39, 0.29) is 23.0 Å². The van der Waals surface area contributed by atoms with Gasteiger partial charge in [0.2, 0.25) is 6.29 Å². The van der Waals surface area contributed by atoms with Gasteiger partial charge in [-0.1, -0.05) is 18.2 Å². The highest BCUT2D eigenvalue weighted by Gasteiger charge is 2.67. The van der Waals surface area contributed by atoms with Crippen molar-refractivity contribution in [1.82, 2.24) is 4.98 Å². The van der Waals surface area contributed by atoms with Gasteiger partial charge in [-0.15, -0.1) is 0 Å². The molecule has 2 fully saturated rings. The Morgan fingerprint density at radius 3 is 2.31 bits per heavy atom. The summed E-state index contributed by atoms with van der Waals surface area (Å²) in [6, 6.07) is 8.29. The highest BCUT2D eigenvalue weighted by atomic mass is 31.2. The maximum absolute atomic E-state index is 12.8. The summed E-state index contributed by atoms with van der Waals surface area (Å²) in [5.74, 6) is 0.126. The normalized spacial score (nSPS) is 32.7. The van der Waals surface area contributed by atoms with Crippen molar-refractivity contribution < 1.29 is 47.3 Å². The standard InChI is InChI=1S/C19H21NO10P2/c21-18(27-15-4-1-5-15)28-16-8-6-14(7-9-16)17-29-31(23,24)19(22,32(25,26)30-17)11-13-3-2-10-20-12-13/h2-3,6-10,12,15,17,22H,1,4-5,11H2,(H,23,24)(H,25,26). The fourth-order valence-electron chi connectivity index (χ4n) is 3.14. The Morgan fingerprint density at radius 1 is 1.12 bits per heavy atom. The van der Waals surface area contributed by atoms with Gasteiger partial charge >= 0.3 is 21.3 Å². The van der Waals surface area contributed by atoms with Gasteiger partial charge < -0.3 is 24.4 Å². The van der Waals surface area contributed by atoms with E-state index >= 15 is 0 Å². The average Bonchev–Trinajstić information content (AvgIpc) is 2.70. The van der Waals surface area contributed by atoms with Crippen LogP contribution in [0.3, 0.4) is 0 Å². The Labute approximate surface area is 183 Å². The van der Waals surface area contributed by atoms with Gasteiger partial charge in [0, 0.05) is 24.4 Å². The predicted octanol–water partition coefficient (Wildman–Crippen LogP) is 3.45. The van der Waals surface area contributed by atoms with Crippen molar-refractivity contribution in [2.45, 2.75) is 43.2 Å². The van der Waals surface area contributed by atoms with Gasteiger partial charge in [0.15, 0.2) is 0 Å². The molecule has 13 heteroatoms. The smallest absolute Gasteiger partial charge is 0.431 e. The quantitative estimate of drug-likeness (QED) is 0.323. The second kappa shape index (κ2) is 8.68. The molecule has 1 aromatic heterocycles. The molecule has 2 aromatic rings. The first-order valence-electron chi connectivity index (χ1n) is 9.72. The van der Waals surface area contributed by atoms with E-state index in [1.165, 1.54) is 48.8 Å². The lowest BCUT2D eigenvalue weighted by Crippen LogP contribution is -2.37. The Hall–Kier alpha value is -2.10. The van der Waals surface area contributed by atoms with Gasteiger partial charge in [-0.05, 0) is 43.0 Å². The number of benzene rings is 1. The van der Waals surface area contributed by atoms with E-state index in [0.29, 0.717) is 0 Å². The van der Waals surface area contributed by atoms with Crippen LogP contribution in [0, 0.1) is 0 Å². The van der Waals surface area contributed by atoms with E-state index in [1.54, 1.807) is 0 Å². The van der Waals surface area contributed by atoms with Crippen LogP contribution in [0.5, 0.6) is 5.75 Å². The molecular formula is C19H21NO10P2. The third kappa shape index (κ3) is 4.51. The minimum atomic E-state index is -5.08. The first-order valence-corrected chi connectivity index (χ1v) is 12.9. The summed E-state index contributed by atoms with van der Waals surface area (Å²) in [6.07, 6.45) is 1.89. The number of aromatic nitrogens is 1. The Kier molecular flexibility index (Phi) is 6.26. The van der Waals surface area contributed by atoms with E-state index in [4.69, 9.17) is 18.5 Å². The minimum Gasteiger partial charge on any atom is -0.431 e. The molecule has 2 unspecified atom stereocenters. The number of carbonyl (C=O) groups is 1. The van der Waals surface area contributed by atoms with Crippen LogP contribution in [0.15, 0.2) is 48.8 Å². The number of rotatable bonds is 5. The summed E-state index contributed by atoms with van der Waals surface area (Å²) in [4.78, 5) is 36.3. The molecule has 32 heavy (non-hydrogen) atoms. The summed E-state index contributed by atoms with van der Waals surface area (Å²) in [7, 11) is -10.2. The SMILES string of the molecule is O=C(Oc1ccc(C2OP(=O)(O)C(O)(Cc3cccnc3)P(=O)(O)O2)cc1)OC1CCC1. The molecule has 172 valence electrons. The Balaban J connectivity index is 1.48. The number of carbonyl (C=O) groups excluding carboxylic acids is 1. The molecular weight excluding hydrogens is 464 g/mol. The first-order chi connectivity index (χ1) is 15.1. The molecule has 2 aliphatic rings. The largest absolute Gasteiger partial charge is 0.514 e. The van der Waals surface area contributed by atoms with Gasteiger partial charge in [0.1, 0.15) is 11.9 Å². The zero-order chi connectivity index (χ0) is 23.0. The van der Waals surface area contributed by atoms with Crippen molar-refractivity contribution >= 4 is 21.3 Å². The lowest BCUT2D eigenvalue weighted by Gasteiger charge is -2.41. The van der Waals surface area contributed by atoms with Gasteiger partial charge in [-0.25, -0.2) is 4.79 Å². The van der Waals surface area contributed by atoms with Gasteiger partial charge in [0.05, 0.1) is 0 Å². The predicted molar refractivity (Wildman–Crippen MR) is 109 cm³/mol. The fourth-order valence-corrected chi connectivity index (χ4v) is 6.72. The molecule has 2 atom stereocenters. The topological polar surface area (TPSA) is 162 Å². The van der Waals surface area contributed by atoms with Crippen molar-refractivity contribution in [1.29, 1.82) is 0 Å². The summed E-state index contributed by atoms with van der Waals surface area (Å²) < 4.78 is 45.8. The number of ether oxygens (including phenoxy) is 2. The van der Waals surface area contributed by atoms with Crippen molar-refractivity contribution in [2.24, 2.45) is 0 Å². The third-order valence-corrected chi connectivity index (χ3v) is 9.81. The highest BCUT2D eigenvalue weighted by molar-refractivity contribution is 7.73. The number of nitrogens with zero attached hydrogens (tertiary/aromatic N) is 1. The second-order valence-corrected chi connectivity index (χ2v) is 11.8. The molecule has 11 nitrogen and oxygen atoms in total. The zero-order valence-electron chi connectivity index (χ0n) is 16.6. The highest BCUT2D eigenvalue weighted by Crippen LogP contribution is 2.79. The maximum Gasteiger partial charge on any atom is 0.514 e. The van der Waals surface area contributed by atoms with Crippen molar-refractivity contribution in [2.75, 3.05) is 0 Å². The zero-order valence-corrected chi connectivity index (χ0v) is 18.4. The van der Waals surface area contributed by atoms with Crippen LogP contribution in [0.1, 0.15) is 36.7 Å². The lowest BCUT2D eigenvalue weighted by molar-refractivity contribution is -0.0579. The van der Waals surface area contributed by atoms with E-state index in [1.807, 2.05) is 0 Å². The molecule has 4 rings (SSSR count). The fraction of sp³-hybridized carbons (Fsp3) is 0.368. The number of aliphatic hydroxyl groups is 1. The number of hydrogen-bond donors (Lipinski definition) is 3. The molecule has 0 bridgehead atoms. The van der Waals surface area contributed by atoms with Gasteiger partial charge in [-0.3, -0.25) is 23.2 Å². The summed E-state index contributed by atoms with van der Waals surface area (Å²) in [5, 5.41) is 7.63. The Morgan fingerprint density at radius 2 is 1.78 bits per heavy atom.